The van der Waals surface area contributed by atoms with E-state index in [4.69, 9.17) is 14.2 Å². The van der Waals surface area contributed by atoms with Crippen molar-refractivity contribution in [1.82, 2.24) is 0 Å². The molecule has 1 aromatic carbocycles. The molecule has 4 aliphatic carbocycles. The minimum Gasteiger partial charge on any atom is -0.497 e. The lowest BCUT2D eigenvalue weighted by Gasteiger charge is -2.55. The summed E-state index contributed by atoms with van der Waals surface area (Å²) in [5, 5.41) is 12.0. The topological polar surface area (TPSA) is 65.0 Å². The summed E-state index contributed by atoms with van der Waals surface area (Å²) in [6.07, 6.45) is 6.34. The van der Waals surface area contributed by atoms with Crippen molar-refractivity contribution in [3.05, 3.63) is 41.0 Å². The number of ether oxygens (including phenoxy) is 3. The van der Waals surface area contributed by atoms with Crippen LogP contribution in [0.1, 0.15) is 69.8 Å². The normalized spacial score (nSPS) is 40.2. The van der Waals surface area contributed by atoms with E-state index in [1.807, 2.05) is 12.1 Å². The molecule has 4 fully saturated rings. The van der Waals surface area contributed by atoms with Gasteiger partial charge in [0.1, 0.15) is 11.5 Å². The van der Waals surface area contributed by atoms with Crippen molar-refractivity contribution in [3.63, 3.8) is 0 Å². The first kappa shape index (κ1) is 20.9. The van der Waals surface area contributed by atoms with Gasteiger partial charge in [0.25, 0.3) is 0 Å². The van der Waals surface area contributed by atoms with Crippen LogP contribution in [0.2, 0.25) is 0 Å². The summed E-state index contributed by atoms with van der Waals surface area (Å²) in [6, 6.07) is 8.34. The molecule has 1 N–H and O–H groups in total. The summed E-state index contributed by atoms with van der Waals surface area (Å²) in [4.78, 5) is 13.1. The van der Waals surface area contributed by atoms with Crippen LogP contribution in [0.25, 0.3) is 0 Å². The van der Waals surface area contributed by atoms with E-state index in [0.29, 0.717) is 43.7 Å². The molecular weight excluding hydrogens is 404 g/mol. The number of hydrogen-bond donors (Lipinski definition) is 1. The zero-order valence-electron chi connectivity index (χ0n) is 19.2. The maximum absolute atomic E-state index is 13.1. The van der Waals surface area contributed by atoms with Gasteiger partial charge in [0.05, 0.1) is 25.9 Å². The molecule has 172 valence electrons. The van der Waals surface area contributed by atoms with Gasteiger partial charge in [0.2, 0.25) is 0 Å². The minimum absolute atomic E-state index is 0.162. The van der Waals surface area contributed by atoms with E-state index < -0.39 is 11.4 Å². The molecule has 1 aliphatic heterocycles. The molecule has 0 radical (unpaired) electrons. The van der Waals surface area contributed by atoms with Crippen molar-refractivity contribution >= 4 is 5.78 Å². The number of carbonyl (C=O) groups excluding carboxylic acids is 1. The van der Waals surface area contributed by atoms with E-state index in [0.717, 1.165) is 44.3 Å². The Morgan fingerprint density at radius 1 is 1.06 bits per heavy atom. The Balaban J connectivity index is 1.47. The molecule has 5 nitrogen and oxygen atoms in total. The number of carbonyl (C=O) groups is 1. The van der Waals surface area contributed by atoms with Crippen LogP contribution in [0.4, 0.5) is 0 Å². The highest BCUT2D eigenvalue weighted by atomic mass is 16.7. The number of fused-ring (bicyclic) bond motifs is 4. The molecule has 5 aliphatic rings. The van der Waals surface area contributed by atoms with E-state index in [-0.39, 0.29) is 11.3 Å². The van der Waals surface area contributed by atoms with Gasteiger partial charge >= 0.3 is 0 Å². The summed E-state index contributed by atoms with van der Waals surface area (Å²) >= 11 is 0. The zero-order chi connectivity index (χ0) is 22.1. The lowest BCUT2D eigenvalue weighted by molar-refractivity contribution is -0.208. The van der Waals surface area contributed by atoms with Crippen LogP contribution >= 0.6 is 0 Å². The first-order chi connectivity index (χ1) is 15.4. The van der Waals surface area contributed by atoms with Crippen molar-refractivity contribution in [1.29, 1.82) is 0 Å². The van der Waals surface area contributed by atoms with Crippen LogP contribution in [0.15, 0.2) is 35.4 Å². The van der Waals surface area contributed by atoms with Crippen LogP contribution in [0.5, 0.6) is 5.75 Å². The Labute approximate surface area is 190 Å². The smallest absolute Gasteiger partial charge is 0.171 e. The van der Waals surface area contributed by atoms with Crippen LogP contribution < -0.4 is 4.74 Å². The van der Waals surface area contributed by atoms with E-state index in [1.54, 1.807) is 7.11 Å². The monoisotopic (exact) mass is 438 g/mol. The van der Waals surface area contributed by atoms with Gasteiger partial charge < -0.3 is 19.3 Å². The molecule has 32 heavy (non-hydrogen) atoms. The third-order valence-corrected chi connectivity index (χ3v) is 9.46. The minimum atomic E-state index is -0.866. The second-order valence-corrected chi connectivity index (χ2v) is 10.9. The number of hydrogen-bond acceptors (Lipinski definition) is 5. The molecule has 0 amide bonds. The predicted octanol–water partition coefficient (Wildman–Crippen LogP) is 4.53. The molecule has 5 atom stereocenters. The second-order valence-electron chi connectivity index (χ2n) is 10.9. The quantitative estimate of drug-likeness (QED) is 0.687. The molecule has 0 bridgehead atoms. The number of benzene rings is 1. The fraction of sp³-hybridized carbons (Fsp3) is 0.667. The van der Waals surface area contributed by atoms with Crippen LogP contribution in [-0.4, -0.2) is 42.6 Å². The number of ketones is 1. The van der Waals surface area contributed by atoms with Crippen molar-refractivity contribution in [2.45, 2.75) is 75.6 Å². The molecule has 1 aromatic rings. The van der Waals surface area contributed by atoms with Crippen molar-refractivity contribution in [3.8, 4) is 5.75 Å². The number of Topliss-reactive ketones (excluding diaryl/α,β-unsaturated/α-hetero) is 1. The molecule has 0 aromatic heterocycles. The lowest BCUT2D eigenvalue weighted by Crippen LogP contribution is -2.53. The van der Waals surface area contributed by atoms with E-state index >= 15 is 0 Å². The van der Waals surface area contributed by atoms with Gasteiger partial charge in [-0.05, 0) is 67.2 Å². The largest absolute Gasteiger partial charge is 0.497 e. The number of aliphatic hydroxyl groups is 1. The summed E-state index contributed by atoms with van der Waals surface area (Å²) in [7, 11) is 1.69. The van der Waals surface area contributed by atoms with Gasteiger partial charge in [0.15, 0.2) is 5.79 Å². The van der Waals surface area contributed by atoms with Gasteiger partial charge in [0, 0.05) is 30.6 Å². The van der Waals surface area contributed by atoms with E-state index in [9.17, 15) is 9.90 Å². The zero-order valence-corrected chi connectivity index (χ0v) is 19.2. The first-order valence-electron chi connectivity index (χ1n) is 12.3. The Morgan fingerprint density at radius 3 is 2.53 bits per heavy atom. The number of methoxy groups -OCH3 is 1. The highest BCUT2D eigenvalue weighted by Crippen LogP contribution is 2.64. The van der Waals surface area contributed by atoms with Crippen LogP contribution in [0, 0.1) is 17.3 Å². The standard InChI is InChI=1S/C27H34O5/c1-25-15-20(17-3-5-18(30-2)6-4-17)24-19(21(25)7-8-23(25)28)9-11-26(29)16-27(12-10-22(24)26)31-13-14-32-27/h3-6,19-21,29H,7-16H2,1-2H3/t19-,20+,21-,25-,26+/m0/s1. The molecule has 1 spiro atoms. The third kappa shape index (κ3) is 2.90. The molecule has 1 heterocycles. The Kier molecular flexibility index (Phi) is 4.67. The molecule has 1 saturated heterocycles. The van der Waals surface area contributed by atoms with E-state index in [2.05, 4.69) is 19.1 Å². The molecular formula is C27H34O5. The third-order valence-electron chi connectivity index (χ3n) is 9.46. The molecule has 5 heteroatoms. The predicted molar refractivity (Wildman–Crippen MR) is 119 cm³/mol. The average molecular weight is 439 g/mol. The van der Waals surface area contributed by atoms with Crippen molar-refractivity contribution in [2.24, 2.45) is 17.3 Å². The Bertz CT molecular complexity index is 959. The SMILES string of the molecule is COc1ccc([C@H]2C[C@]3(C)C(=O)CC[C@H]3[C@@H]3CC[C@@]4(O)CC5(CCC4=C32)OCCO5)cc1. The van der Waals surface area contributed by atoms with Crippen molar-refractivity contribution in [2.75, 3.05) is 20.3 Å². The maximum Gasteiger partial charge on any atom is 0.171 e. The van der Waals surface area contributed by atoms with Gasteiger partial charge in [-0.2, -0.15) is 0 Å². The summed E-state index contributed by atoms with van der Waals surface area (Å²) in [5.41, 5.74) is 2.75. The first-order valence-corrected chi connectivity index (χ1v) is 12.3. The van der Waals surface area contributed by atoms with Gasteiger partial charge in [-0.3, -0.25) is 4.79 Å². The van der Waals surface area contributed by atoms with Crippen LogP contribution in [0.3, 0.4) is 0 Å². The summed E-state index contributed by atoms with van der Waals surface area (Å²) in [6.45, 7) is 3.44. The summed E-state index contributed by atoms with van der Waals surface area (Å²) in [5.74, 6) is 1.59. The van der Waals surface area contributed by atoms with Gasteiger partial charge in [-0.1, -0.05) is 24.6 Å². The Morgan fingerprint density at radius 2 is 1.81 bits per heavy atom. The fourth-order valence-electron chi connectivity index (χ4n) is 7.92. The maximum atomic E-state index is 13.1. The Hall–Kier alpha value is -1.69. The van der Waals surface area contributed by atoms with E-state index in [1.165, 1.54) is 16.7 Å². The lowest BCUT2D eigenvalue weighted by atomic mass is 9.51. The second kappa shape index (κ2) is 7.15. The number of rotatable bonds is 2. The average Bonchev–Trinajstić information content (AvgIpc) is 3.36. The van der Waals surface area contributed by atoms with Crippen LogP contribution in [-0.2, 0) is 14.3 Å². The molecule has 3 saturated carbocycles. The molecule has 0 unspecified atom stereocenters. The number of allylic oxidation sites excluding steroid dienone is 1. The summed E-state index contributed by atoms with van der Waals surface area (Å²) < 4.78 is 17.4. The van der Waals surface area contributed by atoms with Gasteiger partial charge in [-0.15, -0.1) is 0 Å². The molecule has 6 rings (SSSR count). The highest BCUT2D eigenvalue weighted by Gasteiger charge is 2.60. The highest BCUT2D eigenvalue weighted by molar-refractivity contribution is 5.87. The van der Waals surface area contributed by atoms with Crippen molar-refractivity contribution < 1.29 is 24.1 Å². The fourth-order valence-corrected chi connectivity index (χ4v) is 7.92. The van der Waals surface area contributed by atoms with Gasteiger partial charge in [-0.25, -0.2) is 0 Å².